The van der Waals surface area contributed by atoms with Crippen molar-refractivity contribution in [1.82, 2.24) is 25.1 Å². The molecule has 2 N–H and O–H groups in total. The molecule has 2 heterocycles. The lowest BCUT2D eigenvalue weighted by atomic mass is 10.1. The zero-order valence-corrected chi connectivity index (χ0v) is 12.4. The number of aromatic nitrogens is 4. The van der Waals surface area contributed by atoms with Crippen molar-refractivity contribution in [3.63, 3.8) is 0 Å². The molecule has 0 aliphatic heterocycles. The van der Waals surface area contributed by atoms with Crippen LogP contribution in [-0.2, 0) is 11.2 Å². The van der Waals surface area contributed by atoms with E-state index in [-0.39, 0.29) is 11.9 Å². The van der Waals surface area contributed by atoms with Gasteiger partial charge in [0.25, 0.3) is 0 Å². The standard InChI is InChI=1S/C14H21N5O/c1-9-13(10(2)18-17-9)5-6-16-14(20)11(3)19-8-7-15-12(19)4/h7-8,11H,5-6H2,1-4H3,(H,16,20)(H,17,18). The van der Waals surface area contributed by atoms with Gasteiger partial charge >= 0.3 is 0 Å². The van der Waals surface area contributed by atoms with E-state index in [1.807, 2.05) is 38.5 Å². The van der Waals surface area contributed by atoms with E-state index in [2.05, 4.69) is 20.5 Å². The number of aryl methyl sites for hydroxylation is 3. The van der Waals surface area contributed by atoms with Gasteiger partial charge in [0.15, 0.2) is 0 Å². The largest absolute Gasteiger partial charge is 0.354 e. The van der Waals surface area contributed by atoms with Gasteiger partial charge in [-0.15, -0.1) is 0 Å². The molecular weight excluding hydrogens is 254 g/mol. The number of amides is 1. The van der Waals surface area contributed by atoms with Crippen LogP contribution in [-0.4, -0.2) is 32.2 Å². The monoisotopic (exact) mass is 275 g/mol. The van der Waals surface area contributed by atoms with Crippen molar-refractivity contribution in [1.29, 1.82) is 0 Å². The van der Waals surface area contributed by atoms with Gasteiger partial charge < -0.3 is 9.88 Å². The average molecular weight is 275 g/mol. The van der Waals surface area contributed by atoms with Crippen molar-refractivity contribution >= 4 is 5.91 Å². The predicted molar refractivity (Wildman–Crippen MR) is 76.5 cm³/mol. The Morgan fingerprint density at radius 2 is 2.20 bits per heavy atom. The van der Waals surface area contributed by atoms with Crippen molar-refractivity contribution in [2.75, 3.05) is 6.54 Å². The van der Waals surface area contributed by atoms with Crippen molar-refractivity contribution in [3.05, 3.63) is 35.2 Å². The third-order valence-electron chi connectivity index (χ3n) is 3.61. The number of H-pyrrole nitrogens is 1. The van der Waals surface area contributed by atoms with E-state index < -0.39 is 0 Å². The first-order valence-electron chi connectivity index (χ1n) is 6.78. The normalized spacial score (nSPS) is 12.4. The molecule has 20 heavy (non-hydrogen) atoms. The Balaban J connectivity index is 1.88. The van der Waals surface area contributed by atoms with Gasteiger partial charge in [-0.25, -0.2) is 4.98 Å². The predicted octanol–water partition coefficient (Wildman–Crippen LogP) is 1.45. The molecule has 6 nitrogen and oxygen atoms in total. The van der Waals surface area contributed by atoms with Gasteiger partial charge in [-0.2, -0.15) is 5.10 Å². The Kier molecular flexibility index (Phi) is 4.22. The minimum absolute atomic E-state index is 0.00454. The number of rotatable bonds is 5. The highest BCUT2D eigenvalue weighted by molar-refractivity contribution is 5.79. The van der Waals surface area contributed by atoms with Gasteiger partial charge in [0.2, 0.25) is 5.91 Å². The van der Waals surface area contributed by atoms with E-state index in [1.54, 1.807) is 6.20 Å². The Hall–Kier alpha value is -2.11. The maximum absolute atomic E-state index is 12.1. The first kappa shape index (κ1) is 14.3. The molecule has 0 bridgehead atoms. The number of hydrogen-bond donors (Lipinski definition) is 2. The molecule has 2 aromatic heterocycles. The van der Waals surface area contributed by atoms with E-state index in [9.17, 15) is 4.79 Å². The number of imidazole rings is 1. The zero-order valence-electron chi connectivity index (χ0n) is 12.4. The number of hydrogen-bond acceptors (Lipinski definition) is 3. The molecule has 6 heteroatoms. The molecule has 1 unspecified atom stereocenters. The Bertz CT molecular complexity index is 579. The quantitative estimate of drug-likeness (QED) is 0.867. The van der Waals surface area contributed by atoms with Crippen molar-refractivity contribution < 1.29 is 4.79 Å². The van der Waals surface area contributed by atoms with Gasteiger partial charge in [0, 0.05) is 24.6 Å². The molecule has 2 rings (SSSR count). The van der Waals surface area contributed by atoms with Gasteiger partial charge in [-0.3, -0.25) is 9.89 Å². The minimum atomic E-state index is -0.246. The molecule has 0 saturated carbocycles. The molecule has 1 amide bonds. The zero-order chi connectivity index (χ0) is 14.7. The van der Waals surface area contributed by atoms with Crippen LogP contribution in [0.3, 0.4) is 0 Å². The molecule has 108 valence electrons. The maximum atomic E-state index is 12.1. The van der Waals surface area contributed by atoms with E-state index in [0.29, 0.717) is 6.54 Å². The number of aromatic amines is 1. The molecule has 0 aliphatic rings. The first-order chi connectivity index (χ1) is 9.50. The Morgan fingerprint density at radius 3 is 2.75 bits per heavy atom. The number of nitrogens with zero attached hydrogens (tertiary/aromatic N) is 3. The van der Waals surface area contributed by atoms with Crippen LogP contribution in [0, 0.1) is 20.8 Å². The van der Waals surface area contributed by atoms with Crippen LogP contribution in [0.15, 0.2) is 12.4 Å². The van der Waals surface area contributed by atoms with Crippen LogP contribution < -0.4 is 5.32 Å². The first-order valence-corrected chi connectivity index (χ1v) is 6.78. The van der Waals surface area contributed by atoms with Crippen LogP contribution in [0.1, 0.15) is 35.7 Å². The van der Waals surface area contributed by atoms with Gasteiger partial charge in [-0.1, -0.05) is 0 Å². The third kappa shape index (κ3) is 2.89. The molecular formula is C14H21N5O. The SMILES string of the molecule is Cc1n[nH]c(C)c1CCNC(=O)C(C)n1ccnc1C. The summed E-state index contributed by atoms with van der Waals surface area (Å²) in [7, 11) is 0. The minimum Gasteiger partial charge on any atom is -0.354 e. The second-order valence-corrected chi connectivity index (χ2v) is 5.01. The lowest BCUT2D eigenvalue weighted by molar-refractivity contribution is -0.123. The van der Waals surface area contributed by atoms with Crippen molar-refractivity contribution in [3.8, 4) is 0 Å². The fourth-order valence-corrected chi connectivity index (χ4v) is 2.32. The molecule has 0 aromatic carbocycles. The molecule has 0 saturated heterocycles. The van der Waals surface area contributed by atoms with Crippen LogP contribution >= 0.6 is 0 Å². The summed E-state index contributed by atoms with van der Waals surface area (Å²) in [5.74, 6) is 0.846. The smallest absolute Gasteiger partial charge is 0.242 e. The topological polar surface area (TPSA) is 75.6 Å². The second kappa shape index (κ2) is 5.90. The van der Waals surface area contributed by atoms with Crippen LogP contribution in [0.5, 0.6) is 0 Å². The fraction of sp³-hybridized carbons (Fsp3) is 0.500. The van der Waals surface area contributed by atoms with Crippen molar-refractivity contribution in [2.24, 2.45) is 0 Å². The lowest BCUT2D eigenvalue weighted by Crippen LogP contribution is -2.32. The van der Waals surface area contributed by atoms with Crippen molar-refractivity contribution in [2.45, 2.75) is 40.2 Å². The van der Waals surface area contributed by atoms with Gasteiger partial charge in [0.05, 0.1) is 5.69 Å². The third-order valence-corrected chi connectivity index (χ3v) is 3.61. The highest BCUT2D eigenvalue weighted by atomic mass is 16.2. The summed E-state index contributed by atoms with van der Waals surface area (Å²) < 4.78 is 1.86. The summed E-state index contributed by atoms with van der Waals surface area (Å²) in [5, 5.41) is 10.1. The Morgan fingerprint density at radius 1 is 1.45 bits per heavy atom. The Labute approximate surface area is 118 Å². The molecule has 0 spiro atoms. The highest BCUT2D eigenvalue weighted by Gasteiger charge is 2.16. The summed E-state index contributed by atoms with van der Waals surface area (Å²) in [4.78, 5) is 16.2. The van der Waals surface area contributed by atoms with E-state index in [0.717, 1.165) is 23.6 Å². The maximum Gasteiger partial charge on any atom is 0.242 e. The summed E-state index contributed by atoms with van der Waals surface area (Å²) >= 11 is 0. The summed E-state index contributed by atoms with van der Waals surface area (Å²) in [6.07, 6.45) is 4.32. The van der Waals surface area contributed by atoms with E-state index in [1.165, 1.54) is 5.56 Å². The van der Waals surface area contributed by atoms with Crippen LogP contribution in [0.2, 0.25) is 0 Å². The number of carbonyl (C=O) groups is 1. The van der Waals surface area contributed by atoms with Gasteiger partial charge in [0.1, 0.15) is 11.9 Å². The molecule has 1 atom stereocenters. The fourth-order valence-electron chi connectivity index (χ4n) is 2.32. The van der Waals surface area contributed by atoms with E-state index >= 15 is 0 Å². The number of carbonyl (C=O) groups excluding carboxylic acids is 1. The molecule has 2 aromatic rings. The molecule has 0 fully saturated rings. The molecule has 0 aliphatic carbocycles. The number of nitrogens with one attached hydrogen (secondary N) is 2. The summed E-state index contributed by atoms with van der Waals surface area (Å²) in [5.41, 5.74) is 3.24. The highest BCUT2D eigenvalue weighted by Crippen LogP contribution is 2.10. The summed E-state index contributed by atoms with van der Waals surface area (Å²) in [6.45, 7) is 8.34. The van der Waals surface area contributed by atoms with Crippen LogP contribution in [0.25, 0.3) is 0 Å². The average Bonchev–Trinajstić information content (AvgIpc) is 2.97. The lowest BCUT2D eigenvalue weighted by Gasteiger charge is -2.15. The molecule has 0 radical (unpaired) electrons. The summed E-state index contributed by atoms with van der Waals surface area (Å²) in [6, 6.07) is -0.246. The van der Waals surface area contributed by atoms with Gasteiger partial charge in [-0.05, 0) is 39.7 Å². The van der Waals surface area contributed by atoms with Crippen LogP contribution in [0.4, 0.5) is 0 Å². The van der Waals surface area contributed by atoms with E-state index in [4.69, 9.17) is 0 Å². The second-order valence-electron chi connectivity index (χ2n) is 5.01.